The smallest absolute Gasteiger partial charge is 0.147 e. The summed E-state index contributed by atoms with van der Waals surface area (Å²) >= 11 is 10.3. The van der Waals surface area contributed by atoms with Crippen LogP contribution in [0, 0.1) is 0 Å². The van der Waals surface area contributed by atoms with E-state index in [1.165, 1.54) is 21.6 Å². The lowest BCUT2D eigenvalue weighted by Gasteiger charge is -2.17. The van der Waals surface area contributed by atoms with Gasteiger partial charge in [-0.1, -0.05) is 24.4 Å². The van der Waals surface area contributed by atoms with Crippen molar-refractivity contribution in [2.24, 2.45) is 0 Å². The molecule has 0 saturated heterocycles. The summed E-state index contributed by atoms with van der Waals surface area (Å²) in [6.07, 6.45) is 0. The van der Waals surface area contributed by atoms with Crippen molar-refractivity contribution >= 4 is 54.7 Å². The molecule has 0 spiro atoms. The summed E-state index contributed by atoms with van der Waals surface area (Å²) in [4.78, 5) is 3.92. The van der Waals surface area contributed by atoms with Crippen molar-refractivity contribution in [1.29, 1.82) is 0 Å². The molecule has 0 aliphatic carbocycles. The second kappa shape index (κ2) is 6.86. The Morgan fingerprint density at radius 1 is 1.08 bits per heavy atom. The minimum atomic E-state index is 0.844. The van der Waals surface area contributed by atoms with E-state index in [-0.39, 0.29) is 0 Å². The SMILES string of the molecule is CCN(C)C(=S)SSC(=S)N(C)C. The lowest BCUT2D eigenvalue weighted by atomic mass is 10.7. The van der Waals surface area contributed by atoms with Gasteiger partial charge >= 0.3 is 0 Å². The molecule has 0 heterocycles. The van der Waals surface area contributed by atoms with Crippen LogP contribution in [0.4, 0.5) is 0 Å². The quantitative estimate of drug-likeness (QED) is 0.520. The van der Waals surface area contributed by atoms with Crippen molar-refractivity contribution < 1.29 is 0 Å². The van der Waals surface area contributed by atoms with Crippen LogP contribution < -0.4 is 0 Å². The van der Waals surface area contributed by atoms with Crippen LogP contribution >= 0.6 is 46.0 Å². The van der Waals surface area contributed by atoms with Gasteiger partial charge in [0.2, 0.25) is 0 Å². The molecule has 0 amide bonds. The highest BCUT2D eigenvalue weighted by Gasteiger charge is 2.06. The molecule has 0 atom stereocenters. The van der Waals surface area contributed by atoms with Gasteiger partial charge in [-0.15, -0.1) is 0 Å². The molecule has 0 rings (SSSR count). The topological polar surface area (TPSA) is 6.48 Å². The molecule has 0 bridgehead atoms. The van der Waals surface area contributed by atoms with Crippen molar-refractivity contribution in [1.82, 2.24) is 9.80 Å². The van der Waals surface area contributed by atoms with E-state index in [2.05, 4.69) is 6.92 Å². The first-order valence-corrected chi connectivity index (χ1v) is 6.76. The fraction of sp³-hybridized carbons (Fsp3) is 0.714. The molecule has 0 N–H and O–H groups in total. The van der Waals surface area contributed by atoms with Crippen molar-refractivity contribution in [3.63, 3.8) is 0 Å². The molecular weight excluding hydrogens is 240 g/mol. The minimum absolute atomic E-state index is 0.844. The first kappa shape index (κ1) is 13.5. The normalized spacial score (nSPS) is 9.54. The Kier molecular flexibility index (Phi) is 7.12. The lowest BCUT2D eigenvalue weighted by Crippen LogP contribution is -2.22. The van der Waals surface area contributed by atoms with E-state index < -0.39 is 0 Å². The number of hydrogen-bond donors (Lipinski definition) is 0. The molecule has 0 radical (unpaired) electrons. The van der Waals surface area contributed by atoms with E-state index in [0.29, 0.717) is 0 Å². The number of hydrogen-bond acceptors (Lipinski definition) is 4. The van der Waals surface area contributed by atoms with E-state index in [4.69, 9.17) is 24.4 Å². The van der Waals surface area contributed by atoms with E-state index in [9.17, 15) is 0 Å². The van der Waals surface area contributed by atoms with Gasteiger partial charge in [-0.2, -0.15) is 0 Å². The van der Waals surface area contributed by atoms with Gasteiger partial charge in [0.25, 0.3) is 0 Å². The lowest BCUT2D eigenvalue weighted by molar-refractivity contribution is 0.555. The zero-order chi connectivity index (χ0) is 10.4. The largest absolute Gasteiger partial charge is 0.363 e. The highest BCUT2D eigenvalue weighted by Crippen LogP contribution is 2.26. The van der Waals surface area contributed by atoms with E-state index in [0.717, 1.165) is 15.2 Å². The Morgan fingerprint density at radius 2 is 1.54 bits per heavy atom. The second-order valence-corrected chi connectivity index (χ2v) is 6.00. The first-order chi connectivity index (χ1) is 5.99. The fourth-order valence-corrected chi connectivity index (χ4v) is 2.88. The van der Waals surface area contributed by atoms with Gasteiger partial charge in [0.05, 0.1) is 0 Å². The molecule has 2 nitrogen and oxygen atoms in total. The van der Waals surface area contributed by atoms with Crippen LogP contribution in [0.5, 0.6) is 0 Å². The predicted octanol–water partition coefficient (Wildman–Crippen LogP) is 2.45. The van der Waals surface area contributed by atoms with Crippen LogP contribution in [0.1, 0.15) is 6.92 Å². The van der Waals surface area contributed by atoms with Crippen molar-refractivity contribution in [3.8, 4) is 0 Å². The summed E-state index contributed by atoms with van der Waals surface area (Å²) in [5.41, 5.74) is 0. The first-order valence-electron chi connectivity index (χ1n) is 3.80. The highest BCUT2D eigenvalue weighted by atomic mass is 33.1. The molecule has 76 valence electrons. The molecule has 0 aliphatic heterocycles. The van der Waals surface area contributed by atoms with E-state index in [1.54, 1.807) is 0 Å². The Morgan fingerprint density at radius 3 is 1.92 bits per heavy atom. The molecule has 0 saturated carbocycles. The average molecular weight is 254 g/mol. The summed E-state index contributed by atoms with van der Waals surface area (Å²) < 4.78 is 1.72. The summed E-state index contributed by atoms with van der Waals surface area (Å²) in [5.74, 6) is 0. The molecule has 6 heteroatoms. The van der Waals surface area contributed by atoms with E-state index >= 15 is 0 Å². The number of rotatable bonds is 1. The summed E-state index contributed by atoms with van der Waals surface area (Å²) in [6.45, 7) is 3.00. The van der Waals surface area contributed by atoms with Crippen LogP contribution in [0.15, 0.2) is 0 Å². The number of nitrogens with zero attached hydrogens (tertiary/aromatic N) is 2. The van der Waals surface area contributed by atoms with Crippen LogP contribution in [0.25, 0.3) is 0 Å². The predicted molar refractivity (Wildman–Crippen MR) is 72.4 cm³/mol. The Labute approximate surface area is 98.8 Å². The minimum Gasteiger partial charge on any atom is -0.363 e. The second-order valence-electron chi connectivity index (χ2n) is 2.61. The van der Waals surface area contributed by atoms with Gasteiger partial charge < -0.3 is 9.80 Å². The summed E-state index contributed by atoms with van der Waals surface area (Å²) in [6, 6.07) is 0. The summed E-state index contributed by atoms with van der Waals surface area (Å²) in [7, 11) is 8.91. The van der Waals surface area contributed by atoms with Crippen LogP contribution in [0.2, 0.25) is 0 Å². The maximum atomic E-state index is 5.17. The molecular formula is C7H14N2S4. The zero-order valence-corrected chi connectivity index (χ0v) is 11.5. The van der Waals surface area contributed by atoms with Crippen molar-refractivity contribution in [2.45, 2.75) is 6.92 Å². The highest BCUT2D eigenvalue weighted by molar-refractivity contribution is 8.89. The molecule has 0 aliphatic rings. The van der Waals surface area contributed by atoms with Crippen LogP contribution in [-0.4, -0.2) is 46.1 Å². The molecule has 0 fully saturated rings. The van der Waals surface area contributed by atoms with Crippen molar-refractivity contribution in [3.05, 3.63) is 0 Å². The Balaban J connectivity index is 3.77. The van der Waals surface area contributed by atoms with Gasteiger partial charge in [-0.05, 0) is 28.5 Å². The van der Waals surface area contributed by atoms with Gasteiger partial charge in [-0.25, -0.2) is 0 Å². The average Bonchev–Trinajstić information content (AvgIpc) is 2.11. The molecule has 0 aromatic carbocycles. The zero-order valence-electron chi connectivity index (χ0n) is 8.23. The third-order valence-electron chi connectivity index (χ3n) is 1.34. The van der Waals surface area contributed by atoms with Gasteiger partial charge in [0, 0.05) is 27.7 Å². The van der Waals surface area contributed by atoms with Gasteiger partial charge in [-0.3, -0.25) is 0 Å². The molecule has 0 aromatic heterocycles. The third-order valence-corrected chi connectivity index (χ3v) is 5.39. The maximum Gasteiger partial charge on any atom is 0.147 e. The van der Waals surface area contributed by atoms with Gasteiger partial charge in [0.1, 0.15) is 8.64 Å². The van der Waals surface area contributed by atoms with Crippen LogP contribution in [0.3, 0.4) is 0 Å². The molecule has 0 aromatic rings. The molecule has 0 unspecified atom stereocenters. The number of thiocarbonyl (C=S) groups is 2. The standard InChI is InChI=1S/C7H14N2S4/c1-5-9(4)7(11)13-12-6(10)8(2)3/h5H2,1-4H3. The Bertz CT molecular complexity index is 193. The summed E-state index contributed by atoms with van der Waals surface area (Å²) in [5, 5.41) is 0. The fourth-order valence-electron chi connectivity index (χ4n) is 0.339. The van der Waals surface area contributed by atoms with Gasteiger partial charge in [0.15, 0.2) is 0 Å². The van der Waals surface area contributed by atoms with Crippen molar-refractivity contribution in [2.75, 3.05) is 27.7 Å². The third kappa shape index (κ3) is 5.72. The maximum absolute atomic E-state index is 5.17. The molecule has 13 heavy (non-hydrogen) atoms. The van der Waals surface area contributed by atoms with Crippen LogP contribution in [-0.2, 0) is 0 Å². The monoisotopic (exact) mass is 254 g/mol. The van der Waals surface area contributed by atoms with E-state index in [1.807, 2.05) is 30.9 Å². The Hall–Kier alpha value is 0.480.